The molecule has 0 spiro atoms. The van der Waals surface area contributed by atoms with Crippen LogP contribution in [-0.2, 0) is 14.3 Å². The van der Waals surface area contributed by atoms with Crippen molar-refractivity contribution < 1.29 is 19.1 Å². The smallest absolute Gasteiger partial charge is 0.338 e. The van der Waals surface area contributed by atoms with E-state index in [1.807, 2.05) is 19.9 Å². The molecule has 0 fully saturated rings. The molecule has 2 N–H and O–H groups in total. The molecule has 0 saturated carbocycles. The first-order valence-corrected chi connectivity index (χ1v) is 5.70. The zero-order valence-corrected chi connectivity index (χ0v) is 11.1. The molecule has 0 atom stereocenters. The van der Waals surface area contributed by atoms with E-state index in [4.69, 9.17) is 4.74 Å². The zero-order chi connectivity index (χ0) is 14.4. The Balaban J connectivity index is 2.54. The van der Waals surface area contributed by atoms with Crippen molar-refractivity contribution in [2.75, 3.05) is 6.61 Å². The molecule has 0 saturated heterocycles. The molecule has 102 valence electrons. The lowest BCUT2D eigenvalue weighted by Crippen LogP contribution is -2.42. The van der Waals surface area contributed by atoms with Gasteiger partial charge in [-0.2, -0.15) is 0 Å². The molecule has 6 heteroatoms. The summed E-state index contributed by atoms with van der Waals surface area (Å²) in [5.74, 6) is -1.58. The average molecular weight is 264 g/mol. The molecule has 1 rings (SSSR count). The SMILES string of the molecule is CC(=O)NNC(=O)COC(=O)c1cccc(C)c1C. The van der Waals surface area contributed by atoms with Crippen LogP contribution in [0, 0.1) is 13.8 Å². The highest BCUT2D eigenvalue weighted by Gasteiger charge is 2.13. The molecular weight excluding hydrogens is 248 g/mol. The maximum absolute atomic E-state index is 11.8. The topological polar surface area (TPSA) is 84.5 Å². The van der Waals surface area contributed by atoms with Gasteiger partial charge in [-0.1, -0.05) is 12.1 Å². The number of hydrogen-bond donors (Lipinski definition) is 2. The van der Waals surface area contributed by atoms with E-state index in [1.165, 1.54) is 6.92 Å². The molecule has 0 unspecified atom stereocenters. The van der Waals surface area contributed by atoms with Crippen LogP contribution in [-0.4, -0.2) is 24.4 Å². The van der Waals surface area contributed by atoms with Crippen molar-refractivity contribution in [1.29, 1.82) is 0 Å². The third-order valence-corrected chi connectivity index (χ3v) is 2.54. The van der Waals surface area contributed by atoms with Gasteiger partial charge in [-0.25, -0.2) is 4.79 Å². The van der Waals surface area contributed by atoms with E-state index in [1.54, 1.807) is 12.1 Å². The van der Waals surface area contributed by atoms with Gasteiger partial charge in [0.25, 0.3) is 5.91 Å². The summed E-state index contributed by atoms with van der Waals surface area (Å²) in [7, 11) is 0. The number of esters is 1. The first-order chi connectivity index (χ1) is 8.91. The maximum atomic E-state index is 11.8. The summed E-state index contributed by atoms with van der Waals surface area (Å²) in [5, 5.41) is 0. The number of hydrogen-bond acceptors (Lipinski definition) is 4. The van der Waals surface area contributed by atoms with Gasteiger partial charge in [0.15, 0.2) is 6.61 Å². The highest BCUT2D eigenvalue weighted by atomic mass is 16.5. The number of benzene rings is 1. The molecule has 0 heterocycles. The molecule has 0 radical (unpaired) electrons. The van der Waals surface area contributed by atoms with Crippen molar-refractivity contribution in [2.45, 2.75) is 20.8 Å². The second-order valence-electron chi connectivity index (χ2n) is 4.05. The van der Waals surface area contributed by atoms with Crippen molar-refractivity contribution in [2.24, 2.45) is 0 Å². The summed E-state index contributed by atoms with van der Waals surface area (Å²) in [6.07, 6.45) is 0. The van der Waals surface area contributed by atoms with Gasteiger partial charge in [0, 0.05) is 6.92 Å². The summed E-state index contributed by atoms with van der Waals surface area (Å²) >= 11 is 0. The van der Waals surface area contributed by atoms with Crippen LogP contribution >= 0.6 is 0 Å². The van der Waals surface area contributed by atoms with Gasteiger partial charge >= 0.3 is 5.97 Å². The minimum atomic E-state index is -0.603. The molecule has 0 bridgehead atoms. The van der Waals surface area contributed by atoms with Gasteiger partial charge in [0.1, 0.15) is 0 Å². The Labute approximate surface area is 111 Å². The van der Waals surface area contributed by atoms with E-state index in [-0.39, 0.29) is 0 Å². The molecule has 1 aromatic carbocycles. The van der Waals surface area contributed by atoms with Gasteiger partial charge in [-0.05, 0) is 31.0 Å². The summed E-state index contributed by atoms with van der Waals surface area (Å²) < 4.78 is 4.86. The van der Waals surface area contributed by atoms with Crippen molar-refractivity contribution in [3.8, 4) is 0 Å². The Kier molecular flexibility index (Phi) is 5.05. The Hall–Kier alpha value is -2.37. The lowest BCUT2D eigenvalue weighted by molar-refractivity contribution is -0.129. The second-order valence-corrected chi connectivity index (χ2v) is 4.05. The summed E-state index contributed by atoms with van der Waals surface area (Å²) in [6.45, 7) is 4.49. The third-order valence-electron chi connectivity index (χ3n) is 2.54. The van der Waals surface area contributed by atoms with E-state index < -0.39 is 24.4 Å². The van der Waals surface area contributed by atoms with E-state index >= 15 is 0 Å². The number of rotatable bonds is 3. The van der Waals surface area contributed by atoms with Crippen molar-refractivity contribution in [3.63, 3.8) is 0 Å². The monoisotopic (exact) mass is 264 g/mol. The molecule has 19 heavy (non-hydrogen) atoms. The molecule has 2 amide bonds. The number of nitrogens with one attached hydrogen (secondary N) is 2. The number of carbonyl (C=O) groups excluding carboxylic acids is 3. The number of amides is 2. The van der Waals surface area contributed by atoms with Crippen LogP contribution in [0.3, 0.4) is 0 Å². The number of ether oxygens (including phenoxy) is 1. The average Bonchev–Trinajstić information content (AvgIpc) is 2.36. The fourth-order valence-corrected chi connectivity index (χ4v) is 1.37. The van der Waals surface area contributed by atoms with Gasteiger partial charge in [0.2, 0.25) is 5.91 Å². The van der Waals surface area contributed by atoms with Crippen LogP contribution in [0.1, 0.15) is 28.4 Å². The summed E-state index contributed by atoms with van der Waals surface area (Å²) in [6, 6.07) is 5.27. The predicted molar refractivity (Wildman–Crippen MR) is 68.2 cm³/mol. The van der Waals surface area contributed by atoms with E-state index in [2.05, 4.69) is 10.9 Å². The van der Waals surface area contributed by atoms with Crippen LogP contribution in [0.2, 0.25) is 0 Å². The Morgan fingerprint density at radius 1 is 1.16 bits per heavy atom. The van der Waals surface area contributed by atoms with Crippen molar-refractivity contribution in [3.05, 3.63) is 34.9 Å². The molecule has 0 aliphatic carbocycles. The lowest BCUT2D eigenvalue weighted by atomic mass is 10.0. The zero-order valence-electron chi connectivity index (χ0n) is 11.1. The number of hydrazine groups is 1. The van der Waals surface area contributed by atoms with Crippen molar-refractivity contribution >= 4 is 17.8 Å². The fourth-order valence-electron chi connectivity index (χ4n) is 1.37. The van der Waals surface area contributed by atoms with Crippen LogP contribution in [0.4, 0.5) is 0 Å². The van der Waals surface area contributed by atoms with E-state index in [9.17, 15) is 14.4 Å². The highest BCUT2D eigenvalue weighted by Crippen LogP contribution is 2.13. The number of aryl methyl sites for hydroxylation is 1. The molecule has 0 aliphatic heterocycles. The minimum absolute atomic E-state index is 0.408. The standard InChI is InChI=1S/C13H16N2O4/c1-8-5-4-6-11(9(8)2)13(18)19-7-12(17)15-14-10(3)16/h4-6H,7H2,1-3H3,(H,14,16)(H,15,17). The Morgan fingerprint density at radius 3 is 2.47 bits per heavy atom. The van der Waals surface area contributed by atoms with Gasteiger partial charge in [-0.3, -0.25) is 20.4 Å². The van der Waals surface area contributed by atoms with Gasteiger partial charge in [0.05, 0.1) is 5.56 Å². The molecular formula is C13H16N2O4. The molecule has 6 nitrogen and oxygen atoms in total. The second kappa shape index (κ2) is 6.53. The largest absolute Gasteiger partial charge is 0.452 e. The number of carbonyl (C=O) groups is 3. The van der Waals surface area contributed by atoms with Crippen LogP contribution in [0.25, 0.3) is 0 Å². The van der Waals surface area contributed by atoms with Crippen molar-refractivity contribution in [1.82, 2.24) is 10.9 Å². The van der Waals surface area contributed by atoms with E-state index in [0.29, 0.717) is 5.56 Å². The van der Waals surface area contributed by atoms with Crippen LogP contribution in [0.5, 0.6) is 0 Å². The quantitative estimate of drug-likeness (QED) is 0.619. The third kappa shape index (κ3) is 4.42. The highest BCUT2D eigenvalue weighted by molar-refractivity contribution is 5.93. The minimum Gasteiger partial charge on any atom is -0.452 e. The fraction of sp³-hybridized carbons (Fsp3) is 0.308. The predicted octanol–water partition coefficient (Wildman–Crippen LogP) is 0.628. The first-order valence-electron chi connectivity index (χ1n) is 5.70. The Morgan fingerprint density at radius 2 is 1.84 bits per heavy atom. The maximum Gasteiger partial charge on any atom is 0.338 e. The Bertz CT molecular complexity index is 511. The van der Waals surface area contributed by atoms with E-state index in [0.717, 1.165) is 11.1 Å². The van der Waals surface area contributed by atoms with Crippen LogP contribution < -0.4 is 10.9 Å². The molecule has 1 aromatic rings. The lowest BCUT2D eigenvalue weighted by Gasteiger charge is -2.09. The first kappa shape index (κ1) is 14.7. The summed E-state index contributed by atoms with van der Waals surface area (Å²) in [5.41, 5.74) is 6.41. The van der Waals surface area contributed by atoms with Crippen LogP contribution in [0.15, 0.2) is 18.2 Å². The normalized spacial score (nSPS) is 9.63. The van der Waals surface area contributed by atoms with Gasteiger partial charge in [-0.15, -0.1) is 0 Å². The summed E-state index contributed by atoms with van der Waals surface area (Å²) in [4.78, 5) is 33.6. The van der Waals surface area contributed by atoms with Gasteiger partial charge < -0.3 is 4.74 Å². The molecule has 0 aromatic heterocycles. The molecule has 0 aliphatic rings.